The lowest BCUT2D eigenvalue weighted by Crippen LogP contribution is -2.40. The minimum absolute atomic E-state index is 0.217. The van der Waals surface area contributed by atoms with Crippen LogP contribution in [-0.2, 0) is 4.79 Å². The number of rotatable bonds is 7. The van der Waals surface area contributed by atoms with Gasteiger partial charge in [-0.25, -0.2) is 4.98 Å². The average molecular weight is 379 g/mol. The fourth-order valence-corrected chi connectivity index (χ4v) is 4.32. The van der Waals surface area contributed by atoms with Crippen LogP contribution < -0.4 is 10.2 Å². The number of anilines is 1. The Hall–Kier alpha value is -1.33. The van der Waals surface area contributed by atoms with Gasteiger partial charge in [-0.1, -0.05) is 18.5 Å². The van der Waals surface area contributed by atoms with Gasteiger partial charge in [-0.15, -0.1) is 0 Å². The topological polar surface area (TPSA) is 48.5 Å². The molecule has 1 aromatic heterocycles. The van der Waals surface area contributed by atoms with E-state index in [-0.39, 0.29) is 5.91 Å². The van der Waals surface area contributed by atoms with E-state index in [1.807, 2.05) is 12.1 Å². The van der Waals surface area contributed by atoms with Crippen LogP contribution in [0.4, 0.5) is 5.82 Å². The maximum atomic E-state index is 12.2. The zero-order valence-corrected chi connectivity index (χ0v) is 16.5. The second-order valence-electron chi connectivity index (χ2n) is 7.53. The monoisotopic (exact) mass is 378 g/mol. The predicted molar refractivity (Wildman–Crippen MR) is 107 cm³/mol. The summed E-state index contributed by atoms with van der Waals surface area (Å²) in [5.74, 6) is 1.86. The van der Waals surface area contributed by atoms with Gasteiger partial charge >= 0.3 is 0 Å². The summed E-state index contributed by atoms with van der Waals surface area (Å²) in [5.41, 5.74) is 0. The number of pyridine rings is 1. The number of nitrogens with zero attached hydrogens (tertiary/aromatic N) is 3. The molecule has 1 atom stereocenters. The molecule has 1 aromatic rings. The predicted octanol–water partition coefficient (Wildman–Crippen LogP) is 3.33. The molecule has 6 heteroatoms. The zero-order chi connectivity index (χ0) is 18.4. The van der Waals surface area contributed by atoms with Gasteiger partial charge in [0.2, 0.25) is 5.91 Å². The lowest BCUT2D eigenvalue weighted by atomic mass is 9.92. The summed E-state index contributed by atoms with van der Waals surface area (Å²) in [7, 11) is 0. The van der Waals surface area contributed by atoms with E-state index in [0.717, 1.165) is 51.3 Å². The van der Waals surface area contributed by atoms with E-state index in [4.69, 9.17) is 11.6 Å². The highest BCUT2D eigenvalue weighted by atomic mass is 35.5. The summed E-state index contributed by atoms with van der Waals surface area (Å²) >= 11 is 5.91. The molecule has 0 bridgehead atoms. The molecule has 0 radical (unpaired) electrons. The Kier molecular flexibility index (Phi) is 7.15. The van der Waals surface area contributed by atoms with Crippen molar-refractivity contribution in [1.82, 2.24) is 15.2 Å². The van der Waals surface area contributed by atoms with Crippen LogP contribution in [0.25, 0.3) is 0 Å². The number of carbonyl (C=O) groups is 1. The van der Waals surface area contributed by atoms with Crippen LogP contribution in [0.1, 0.15) is 45.4 Å². The lowest BCUT2D eigenvalue weighted by Gasteiger charge is -2.32. The van der Waals surface area contributed by atoms with Crippen LogP contribution >= 0.6 is 11.6 Å². The molecule has 2 fully saturated rings. The molecule has 2 saturated heterocycles. The normalized spacial score (nSPS) is 21.9. The molecule has 3 rings (SSSR count). The number of hydrogen-bond acceptors (Lipinski definition) is 4. The molecule has 0 saturated carbocycles. The molecule has 0 aliphatic carbocycles. The van der Waals surface area contributed by atoms with E-state index in [9.17, 15) is 4.79 Å². The highest BCUT2D eigenvalue weighted by Crippen LogP contribution is 2.25. The number of nitrogens with one attached hydrogen (secondary N) is 1. The number of piperidine rings is 1. The van der Waals surface area contributed by atoms with Gasteiger partial charge in [0.15, 0.2) is 0 Å². The number of halogens is 1. The smallest absolute Gasteiger partial charge is 0.220 e. The van der Waals surface area contributed by atoms with Gasteiger partial charge < -0.3 is 10.2 Å². The highest BCUT2D eigenvalue weighted by Gasteiger charge is 2.24. The van der Waals surface area contributed by atoms with E-state index in [0.29, 0.717) is 23.4 Å². The number of likely N-dealkylation sites (tertiary alicyclic amines) is 1. The van der Waals surface area contributed by atoms with Crippen molar-refractivity contribution >= 4 is 23.3 Å². The Morgan fingerprint density at radius 1 is 1.27 bits per heavy atom. The molecule has 1 amide bonds. The van der Waals surface area contributed by atoms with Crippen molar-refractivity contribution in [3.05, 3.63) is 23.4 Å². The zero-order valence-electron chi connectivity index (χ0n) is 15.8. The van der Waals surface area contributed by atoms with E-state index >= 15 is 0 Å². The van der Waals surface area contributed by atoms with Crippen LogP contribution in [0.2, 0.25) is 5.02 Å². The summed E-state index contributed by atoms with van der Waals surface area (Å²) in [6.45, 7) is 7.29. The Balaban J connectivity index is 1.33. The van der Waals surface area contributed by atoms with Crippen molar-refractivity contribution in [2.45, 2.75) is 51.5 Å². The second kappa shape index (κ2) is 9.56. The number of carbonyl (C=O) groups excluding carboxylic acids is 1. The molecule has 0 spiro atoms. The fraction of sp³-hybridized carbons (Fsp3) is 0.700. The highest BCUT2D eigenvalue weighted by molar-refractivity contribution is 6.30. The molecule has 0 aromatic carbocycles. The number of hydrogen-bond donors (Lipinski definition) is 1. The number of likely N-dealkylation sites (N-methyl/N-ethyl adjacent to an activating group) is 1. The first-order chi connectivity index (χ1) is 12.7. The van der Waals surface area contributed by atoms with Crippen LogP contribution in [0, 0.1) is 5.92 Å². The Morgan fingerprint density at radius 2 is 2.08 bits per heavy atom. The maximum Gasteiger partial charge on any atom is 0.220 e. The summed E-state index contributed by atoms with van der Waals surface area (Å²) in [4.78, 5) is 21.4. The van der Waals surface area contributed by atoms with Gasteiger partial charge in [-0.05, 0) is 63.2 Å². The number of aromatic nitrogens is 1. The van der Waals surface area contributed by atoms with Gasteiger partial charge in [0.1, 0.15) is 5.82 Å². The largest absolute Gasteiger partial charge is 0.357 e. The molecule has 1 N–H and O–H groups in total. The molecule has 26 heavy (non-hydrogen) atoms. The molecule has 2 aliphatic heterocycles. The van der Waals surface area contributed by atoms with Crippen molar-refractivity contribution in [1.29, 1.82) is 0 Å². The summed E-state index contributed by atoms with van der Waals surface area (Å²) in [5, 5.41) is 3.83. The van der Waals surface area contributed by atoms with Crippen LogP contribution in [0.3, 0.4) is 0 Å². The third-order valence-electron chi connectivity index (χ3n) is 5.87. The van der Waals surface area contributed by atoms with Crippen LogP contribution in [0.5, 0.6) is 0 Å². The van der Waals surface area contributed by atoms with Crippen LogP contribution in [-0.4, -0.2) is 54.6 Å². The molecule has 144 valence electrons. The van der Waals surface area contributed by atoms with Gasteiger partial charge in [0, 0.05) is 38.3 Å². The van der Waals surface area contributed by atoms with Gasteiger partial charge in [0.25, 0.3) is 0 Å². The first kappa shape index (κ1) is 19.4. The van der Waals surface area contributed by atoms with Gasteiger partial charge in [-0.2, -0.15) is 0 Å². The molecule has 3 heterocycles. The molecular weight excluding hydrogens is 348 g/mol. The van der Waals surface area contributed by atoms with Crippen molar-refractivity contribution in [3.8, 4) is 0 Å². The molecule has 2 aliphatic rings. The molecule has 5 nitrogen and oxygen atoms in total. The van der Waals surface area contributed by atoms with E-state index in [1.165, 1.54) is 19.4 Å². The van der Waals surface area contributed by atoms with Crippen molar-refractivity contribution in [3.63, 3.8) is 0 Å². The minimum Gasteiger partial charge on any atom is -0.357 e. The average Bonchev–Trinajstić information content (AvgIpc) is 3.13. The minimum atomic E-state index is 0.217. The summed E-state index contributed by atoms with van der Waals surface area (Å²) < 4.78 is 0. The van der Waals surface area contributed by atoms with Crippen molar-refractivity contribution in [2.24, 2.45) is 5.92 Å². The third kappa shape index (κ3) is 5.34. The summed E-state index contributed by atoms with van der Waals surface area (Å²) in [6.07, 6.45) is 8.09. The van der Waals surface area contributed by atoms with E-state index in [2.05, 4.69) is 27.0 Å². The SMILES string of the molecule is CCN1CCCC1CNC(=O)CCC1CCN(c2ccc(Cl)cn2)CC1. The van der Waals surface area contributed by atoms with E-state index < -0.39 is 0 Å². The first-order valence-corrected chi connectivity index (χ1v) is 10.4. The Labute approximate surface area is 162 Å². The van der Waals surface area contributed by atoms with Crippen molar-refractivity contribution in [2.75, 3.05) is 37.6 Å². The first-order valence-electron chi connectivity index (χ1n) is 10.0. The Morgan fingerprint density at radius 3 is 2.77 bits per heavy atom. The van der Waals surface area contributed by atoms with Crippen LogP contribution in [0.15, 0.2) is 18.3 Å². The quantitative estimate of drug-likeness (QED) is 0.790. The number of amides is 1. The molecule has 1 unspecified atom stereocenters. The van der Waals surface area contributed by atoms with Gasteiger partial charge in [-0.3, -0.25) is 9.69 Å². The van der Waals surface area contributed by atoms with Crippen molar-refractivity contribution < 1.29 is 4.79 Å². The standard InChI is InChI=1S/C20H31ClN4O/c1-2-24-11-3-4-18(24)15-23-20(26)8-5-16-9-12-25(13-10-16)19-7-6-17(21)14-22-19/h6-7,14,16,18H,2-5,8-13,15H2,1H3,(H,23,26). The van der Waals surface area contributed by atoms with Gasteiger partial charge in [0.05, 0.1) is 5.02 Å². The summed E-state index contributed by atoms with van der Waals surface area (Å²) in [6, 6.07) is 4.42. The van der Waals surface area contributed by atoms with E-state index in [1.54, 1.807) is 6.20 Å². The lowest BCUT2D eigenvalue weighted by molar-refractivity contribution is -0.121. The fourth-order valence-electron chi connectivity index (χ4n) is 4.20. The molecular formula is C20H31ClN4O. The second-order valence-corrected chi connectivity index (χ2v) is 7.97. The maximum absolute atomic E-state index is 12.2. The Bertz CT molecular complexity index is 572. The third-order valence-corrected chi connectivity index (χ3v) is 6.09.